The van der Waals surface area contributed by atoms with Gasteiger partial charge in [-0.3, -0.25) is 4.79 Å². The Labute approximate surface area is 109 Å². The normalized spacial score (nSPS) is 33.9. The van der Waals surface area contributed by atoms with Crippen LogP contribution in [0.4, 0.5) is 0 Å². The molecular formula is C14H24N2O2. The smallest absolute Gasteiger partial charge is 0.226 e. The molecule has 102 valence electrons. The number of hydrogen-bond acceptors (Lipinski definition) is 3. The summed E-state index contributed by atoms with van der Waals surface area (Å²) in [6, 6.07) is 0. The number of hydrogen-bond donors (Lipinski definition) is 1. The van der Waals surface area contributed by atoms with Gasteiger partial charge in [-0.1, -0.05) is 32.3 Å². The Morgan fingerprint density at radius 1 is 1.50 bits per heavy atom. The van der Waals surface area contributed by atoms with Crippen LogP contribution in [0.25, 0.3) is 0 Å². The van der Waals surface area contributed by atoms with Crippen molar-refractivity contribution in [2.45, 2.75) is 46.5 Å². The number of carbonyl (C=O) groups is 1. The zero-order valence-electron chi connectivity index (χ0n) is 11.6. The van der Waals surface area contributed by atoms with E-state index in [0.29, 0.717) is 25.4 Å². The summed E-state index contributed by atoms with van der Waals surface area (Å²) in [5, 5.41) is 12.2. The third kappa shape index (κ3) is 2.38. The summed E-state index contributed by atoms with van der Waals surface area (Å²) in [4.78, 5) is 14.5. The molecule has 0 aromatic rings. The monoisotopic (exact) mass is 252 g/mol. The third-order valence-electron chi connectivity index (χ3n) is 4.70. The summed E-state index contributed by atoms with van der Waals surface area (Å²) < 4.78 is 0. The zero-order chi connectivity index (χ0) is 13.3. The topological polar surface area (TPSA) is 52.9 Å². The molecule has 1 saturated carbocycles. The van der Waals surface area contributed by atoms with E-state index in [-0.39, 0.29) is 17.3 Å². The first-order valence-electron chi connectivity index (χ1n) is 6.95. The van der Waals surface area contributed by atoms with E-state index in [4.69, 9.17) is 5.21 Å². The van der Waals surface area contributed by atoms with Gasteiger partial charge in [-0.25, -0.2) is 0 Å². The van der Waals surface area contributed by atoms with Gasteiger partial charge >= 0.3 is 0 Å². The molecule has 1 N–H and O–H groups in total. The predicted molar refractivity (Wildman–Crippen MR) is 70.7 cm³/mol. The number of nitrogens with zero attached hydrogens (tertiary/aromatic N) is 2. The van der Waals surface area contributed by atoms with Crippen molar-refractivity contribution in [3.8, 4) is 0 Å². The van der Waals surface area contributed by atoms with Gasteiger partial charge in [-0.05, 0) is 18.3 Å². The standard InChI is InChI=1S/C14H24N2O2/c1-10-9-16(8-6-12(10)15-18)13(17)11-5-4-7-14(11,2)3/h10-11,18H,4-9H2,1-3H3. The Morgan fingerprint density at radius 2 is 2.22 bits per heavy atom. The second-order valence-electron chi connectivity index (χ2n) is 6.46. The van der Waals surface area contributed by atoms with Gasteiger partial charge in [0, 0.05) is 31.3 Å². The van der Waals surface area contributed by atoms with Crippen LogP contribution in [-0.2, 0) is 4.79 Å². The summed E-state index contributed by atoms with van der Waals surface area (Å²) in [5.41, 5.74) is 0.968. The minimum atomic E-state index is 0.145. The molecule has 1 saturated heterocycles. The fourth-order valence-corrected chi connectivity index (χ4v) is 3.38. The highest BCUT2D eigenvalue weighted by atomic mass is 16.4. The SMILES string of the molecule is CC1CN(C(=O)C2CCCC2(C)C)CCC1=NO. The largest absolute Gasteiger partial charge is 0.411 e. The van der Waals surface area contributed by atoms with Crippen LogP contribution in [0.15, 0.2) is 5.16 Å². The Hall–Kier alpha value is -1.06. The maximum absolute atomic E-state index is 12.6. The van der Waals surface area contributed by atoms with Gasteiger partial charge in [0.2, 0.25) is 5.91 Å². The third-order valence-corrected chi connectivity index (χ3v) is 4.70. The van der Waals surface area contributed by atoms with Gasteiger partial charge < -0.3 is 10.1 Å². The van der Waals surface area contributed by atoms with Gasteiger partial charge in [0.15, 0.2) is 0 Å². The van der Waals surface area contributed by atoms with Crippen LogP contribution in [0.3, 0.4) is 0 Å². The van der Waals surface area contributed by atoms with Crippen LogP contribution < -0.4 is 0 Å². The van der Waals surface area contributed by atoms with E-state index in [1.807, 2.05) is 11.8 Å². The highest BCUT2D eigenvalue weighted by Gasteiger charge is 2.42. The van der Waals surface area contributed by atoms with E-state index >= 15 is 0 Å². The average Bonchev–Trinajstić information content (AvgIpc) is 2.68. The second-order valence-corrected chi connectivity index (χ2v) is 6.46. The van der Waals surface area contributed by atoms with Crippen molar-refractivity contribution in [2.75, 3.05) is 13.1 Å². The average molecular weight is 252 g/mol. The number of rotatable bonds is 1. The van der Waals surface area contributed by atoms with E-state index in [1.54, 1.807) is 0 Å². The molecule has 18 heavy (non-hydrogen) atoms. The van der Waals surface area contributed by atoms with E-state index in [1.165, 1.54) is 0 Å². The Bertz CT molecular complexity index is 363. The molecule has 0 spiro atoms. The Kier molecular flexibility index (Phi) is 3.64. The Morgan fingerprint density at radius 3 is 2.72 bits per heavy atom. The summed E-state index contributed by atoms with van der Waals surface area (Å²) in [5.74, 6) is 0.663. The molecule has 0 bridgehead atoms. The van der Waals surface area contributed by atoms with Gasteiger partial charge in [0.1, 0.15) is 0 Å². The van der Waals surface area contributed by atoms with Gasteiger partial charge in [-0.15, -0.1) is 0 Å². The van der Waals surface area contributed by atoms with E-state index in [2.05, 4.69) is 19.0 Å². The molecule has 2 rings (SSSR count). The van der Waals surface area contributed by atoms with Crippen molar-refractivity contribution >= 4 is 11.6 Å². The zero-order valence-corrected chi connectivity index (χ0v) is 11.6. The maximum Gasteiger partial charge on any atom is 0.226 e. The molecular weight excluding hydrogens is 228 g/mol. The summed E-state index contributed by atoms with van der Waals surface area (Å²) in [6.07, 6.45) is 4.04. The van der Waals surface area contributed by atoms with Crippen molar-refractivity contribution in [3.05, 3.63) is 0 Å². The molecule has 2 unspecified atom stereocenters. The maximum atomic E-state index is 12.6. The molecule has 4 heteroatoms. The molecule has 1 amide bonds. The molecule has 2 aliphatic rings. The quantitative estimate of drug-likeness (QED) is 0.576. The number of piperidine rings is 1. The lowest BCUT2D eigenvalue weighted by atomic mass is 9.80. The summed E-state index contributed by atoms with van der Waals surface area (Å²) >= 11 is 0. The van der Waals surface area contributed by atoms with Crippen LogP contribution in [0.2, 0.25) is 0 Å². The number of amides is 1. The molecule has 0 aromatic heterocycles. The first-order chi connectivity index (χ1) is 8.45. The molecule has 0 aromatic carbocycles. The van der Waals surface area contributed by atoms with Gasteiger partial charge in [0.25, 0.3) is 0 Å². The van der Waals surface area contributed by atoms with E-state index < -0.39 is 0 Å². The summed E-state index contributed by atoms with van der Waals surface area (Å²) in [6.45, 7) is 7.83. The van der Waals surface area contributed by atoms with Gasteiger partial charge in [0.05, 0.1) is 5.71 Å². The molecule has 4 nitrogen and oxygen atoms in total. The van der Waals surface area contributed by atoms with Crippen LogP contribution in [0.1, 0.15) is 46.5 Å². The first kappa shape index (κ1) is 13.4. The number of likely N-dealkylation sites (tertiary alicyclic amines) is 1. The van der Waals surface area contributed by atoms with Crippen LogP contribution >= 0.6 is 0 Å². The van der Waals surface area contributed by atoms with Crippen LogP contribution in [-0.4, -0.2) is 34.8 Å². The summed E-state index contributed by atoms with van der Waals surface area (Å²) in [7, 11) is 0. The van der Waals surface area contributed by atoms with Crippen molar-refractivity contribution in [2.24, 2.45) is 22.4 Å². The Balaban J connectivity index is 2.03. The molecule has 1 aliphatic carbocycles. The van der Waals surface area contributed by atoms with Crippen LogP contribution in [0.5, 0.6) is 0 Å². The molecule has 1 heterocycles. The van der Waals surface area contributed by atoms with Crippen LogP contribution in [0, 0.1) is 17.3 Å². The lowest BCUT2D eigenvalue weighted by molar-refractivity contribution is -0.139. The fourth-order valence-electron chi connectivity index (χ4n) is 3.38. The molecule has 2 atom stereocenters. The molecule has 0 radical (unpaired) electrons. The van der Waals surface area contributed by atoms with Crippen molar-refractivity contribution in [1.29, 1.82) is 0 Å². The number of carbonyl (C=O) groups excluding carboxylic acids is 1. The van der Waals surface area contributed by atoms with Crippen molar-refractivity contribution < 1.29 is 10.0 Å². The van der Waals surface area contributed by atoms with E-state index in [0.717, 1.165) is 25.0 Å². The lowest BCUT2D eigenvalue weighted by Crippen LogP contribution is -2.47. The number of oxime groups is 1. The molecule has 1 aliphatic heterocycles. The predicted octanol–water partition coefficient (Wildman–Crippen LogP) is 2.51. The highest BCUT2D eigenvalue weighted by Crippen LogP contribution is 2.43. The highest BCUT2D eigenvalue weighted by molar-refractivity contribution is 5.89. The van der Waals surface area contributed by atoms with Gasteiger partial charge in [-0.2, -0.15) is 0 Å². The minimum Gasteiger partial charge on any atom is -0.411 e. The minimum absolute atomic E-state index is 0.145. The lowest BCUT2D eigenvalue weighted by Gasteiger charge is -2.36. The fraction of sp³-hybridized carbons (Fsp3) is 0.857. The van der Waals surface area contributed by atoms with E-state index in [9.17, 15) is 4.79 Å². The van der Waals surface area contributed by atoms with Crippen molar-refractivity contribution in [1.82, 2.24) is 4.90 Å². The first-order valence-corrected chi connectivity index (χ1v) is 6.95. The van der Waals surface area contributed by atoms with Crippen molar-refractivity contribution in [3.63, 3.8) is 0 Å². The molecule has 2 fully saturated rings. The second kappa shape index (κ2) is 4.90.